The predicted molar refractivity (Wildman–Crippen MR) is 70.9 cm³/mol. The van der Waals surface area contributed by atoms with E-state index in [1.165, 1.54) is 6.07 Å². The quantitative estimate of drug-likeness (QED) is 0.839. The molecule has 0 amide bonds. The zero-order valence-electron chi connectivity index (χ0n) is 11.4. The third-order valence-corrected chi connectivity index (χ3v) is 2.08. The van der Waals surface area contributed by atoms with Crippen LogP contribution in [0.25, 0.3) is 0 Å². The van der Waals surface area contributed by atoms with Crippen LogP contribution in [0.15, 0.2) is 24.3 Å². The highest BCUT2D eigenvalue weighted by molar-refractivity contribution is 5.95. The number of benzene rings is 1. The number of nitrogens with two attached hydrogens (primary N) is 1. The van der Waals surface area contributed by atoms with Crippen molar-refractivity contribution in [2.24, 2.45) is 5.73 Å². The molecule has 0 bridgehead atoms. The molecule has 0 aliphatic heterocycles. The summed E-state index contributed by atoms with van der Waals surface area (Å²) < 4.78 is 10.1. The molecule has 1 rings (SSSR count). The second-order valence-corrected chi connectivity index (χ2v) is 5.01. The van der Waals surface area contributed by atoms with E-state index < -0.39 is 17.5 Å². The van der Waals surface area contributed by atoms with Crippen LogP contribution < -0.4 is 5.73 Å². The first-order valence-corrected chi connectivity index (χ1v) is 6.04. The third-order valence-electron chi connectivity index (χ3n) is 2.08. The lowest BCUT2D eigenvalue weighted by atomic mass is 10.1. The Balaban J connectivity index is 2.82. The summed E-state index contributed by atoms with van der Waals surface area (Å²) in [5, 5.41) is 0. The molecule has 0 fully saturated rings. The van der Waals surface area contributed by atoms with Gasteiger partial charge >= 0.3 is 11.9 Å². The average Bonchev–Trinajstić information content (AvgIpc) is 2.34. The fourth-order valence-electron chi connectivity index (χ4n) is 1.35. The van der Waals surface area contributed by atoms with Crippen molar-refractivity contribution >= 4 is 11.9 Å². The van der Waals surface area contributed by atoms with Gasteiger partial charge in [-0.25, -0.2) is 9.59 Å². The Morgan fingerprint density at radius 2 is 1.74 bits per heavy atom. The van der Waals surface area contributed by atoms with Gasteiger partial charge in [0.15, 0.2) is 0 Å². The van der Waals surface area contributed by atoms with Crippen molar-refractivity contribution in [3.8, 4) is 0 Å². The second kappa shape index (κ2) is 6.33. The molecule has 0 aromatic heterocycles. The van der Waals surface area contributed by atoms with Crippen LogP contribution in [0.2, 0.25) is 0 Å². The molecular weight excluding hydrogens is 246 g/mol. The van der Waals surface area contributed by atoms with E-state index in [1.807, 2.05) is 0 Å². The predicted octanol–water partition coefficient (Wildman–Crippen LogP) is 1.76. The van der Waals surface area contributed by atoms with Gasteiger partial charge in [-0.2, -0.15) is 0 Å². The minimum absolute atomic E-state index is 0.148. The van der Waals surface area contributed by atoms with Gasteiger partial charge in [-0.05, 0) is 39.0 Å². The van der Waals surface area contributed by atoms with E-state index in [1.54, 1.807) is 39.0 Å². The van der Waals surface area contributed by atoms with Crippen molar-refractivity contribution in [3.63, 3.8) is 0 Å². The maximum absolute atomic E-state index is 11.9. The van der Waals surface area contributed by atoms with E-state index in [0.717, 1.165) is 0 Å². The number of hydrogen-bond donors (Lipinski definition) is 1. The largest absolute Gasteiger partial charge is 0.461 e. The lowest BCUT2D eigenvalue weighted by molar-refractivity contribution is 0.00695. The topological polar surface area (TPSA) is 78.6 Å². The Hall–Kier alpha value is -1.88. The summed E-state index contributed by atoms with van der Waals surface area (Å²) >= 11 is 0. The lowest BCUT2D eigenvalue weighted by Gasteiger charge is -2.19. The summed E-state index contributed by atoms with van der Waals surface area (Å²) in [5.74, 6) is -0.975. The Morgan fingerprint density at radius 3 is 2.26 bits per heavy atom. The van der Waals surface area contributed by atoms with Crippen molar-refractivity contribution in [2.75, 3.05) is 13.2 Å². The summed E-state index contributed by atoms with van der Waals surface area (Å²) in [7, 11) is 0. The first kappa shape index (κ1) is 15.2. The first-order chi connectivity index (χ1) is 8.83. The molecular formula is C14H19NO4. The van der Waals surface area contributed by atoms with Crippen LogP contribution in [0.5, 0.6) is 0 Å². The van der Waals surface area contributed by atoms with Gasteiger partial charge in [-0.15, -0.1) is 0 Å². The lowest BCUT2D eigenvalue weighted by Crippen LogP contribution is -2.24. The zero-order valence-corrected chi connectivity index (χ0v) is 11.4. The Bertz CT molecular complexity index is 463. The minimum Gasteiger partial charge on any atom is -0.461 e. The molecule has 0 atom stereocenters. The van der Waals surface area contributed by atoms with Gasteiger partial charge < -0.3 is 15.2 Å². The molecule has 0 saturated heterocycles. The molecule has 0 saturated carbocycles. The molecule has 0 heterocycles. The number of rotatable bonds is 4. The summed E-state index contributed by atoms with van der Waals surface area (Å²) in [6, 6.07) is 6.23. The van der Waals surface area contributed by atoms with E-state index in [4.69, 9.17) is 15.2 Å². The molecule has 5 nitrogen and oxygen atoms in total. The molecule has 1 aromatic rings. The monoisotopic (exact) mass is 265 g/mol. The van der Waals surface area contributed by atoms with Gasteiger partial charge in [-0.1, -0.05) is 6.07 Å². The van der Waals surface area contributed by atoms with Gasteiger partial charge in [0.1, 0.15) is 12.2 Å². The molecule has 1 aromatic carbocycles. The normalized spacial score (nSPS) is 10.9. The first-order valence-electron chi connectivity index (χ1n) is 6.04. The van der Waals surface area contributed by atoms with Crippen molar-refractivity contribution in [2.45, 2.75) is 26.4 Å². The molecule has 2 N–H and O–H groups in total. The number of carbonyl (C=O) groups is 2. The second-order valence-electron chi connectivity index (χ2n) is 5.01. The Labute approximate surface area is 112 Å². The molecule has 19 heavy (non-hydrogen) atoms. The van der Waals surface area contributed by atoms with Gasteiger partial charge in [0.05, 0.1) is 11.1 Å². The number of carbonyl (C=O) groups excluding carboxylic acids is 2. The number of esters is 2. The van der Waals surface area contributed by atoms with Gasteiger partial charge in [0.25, 0.3) is 0 Å². The van der Waals surface area contributed by atoms with Crippen molar-refractivity contribution in [1.82, 2.24) is 0 Å². The van der Waals surface area contributed by atoms with Crippen LogP contribution in [0, 0.1) is 0 Å². The molecule has 0 aliphatic carbocycles. The van der Waals surface area contributed by atoms with Crippen molar-refractivity contribution in [1.29, 1.82) is 0 Å². The smallest absolute Gasteiger partial charge is 0.338 e. The molecule has 0 unspecified atom stereocenters. The van der Waals surface area contributed by atoms with Crippen LogP contribution in [0.3, 0.4) is 0 Å². The van der Waals surface area contributed by atoms with E-state index in [9.17, 15) is 9.59 Å². The highest BCUT2D eigenvalue weighted by Gasteiger charge is 2.19. The summed E-state index contributed by atoms with van der Waals surface area (Å²) in [6.07, 6.45) is 0. The number of ether oxygens (including phenoxy) is 2. The maximum atomic E-state index is 11.9. The standard InChI is InChI=1S/C14H19NO4/c1-14(2,3)19-13(17)11-6-4-5-10(9-11)12(16)18-8-7-15/h4-6,9H,7-8,15H2,1-3H3. The van der Waals surface area contributed by atoms with Gasteiger partial charge in [-0.3, -0.25) is 0 Å². The fraction of sp³-hybridized carbons (Fsp3) is 0.429. The van der Waals surface area contributed by atoms with E-state index in [-0.39, 0.29) is 13.2 Å². The summed E-state index contributed by atoms with van der Waals surface area (Å²) in [4.78, 5) is 23.5. The average molecular weight is 265 g/mol. The molecule has 104 valence electrons. The summed E-state index contributed by atoms with van der Waals surface area (Å²) in [6.45, 7) is 5.76. The maximum Gasteiger partial charge on any atom is 0.338 e. The highest BCUT2D eigenvalue weighted by Crippen LogP contribution is 2.13. The molecule has 0 spiro atoms. The minimum atomic E-state index is -0.576. The highest BCUT2D eigenvalue weighted by atomic mass is 16.6. The van der Waals surface area contributed by atoms with E-state index in [0.29, 0.717) is 11.1 Å². The molecule has 0 aliphatic rings. The van der Waals surface area contributed by atoms with E-state index >= 15 is 0 Å². The molecule has 5 heteroatoms. The van der Waals surface area contributed by atoms with Gasteiger partial charge in [0.2, 0.25) is 0 Å². The molecule has 0 radical (unpaired) electrons. The Morgan fingerprint density at radius 1 is 1.16 bits per heavy atom. The summed E-state index contributed by atoms with van der Waals surface area (Å²) in [5.41, 5.74) is 5.29. The number of hydrogen-bond acceptors (Lipinski definition) is 5. The SMILES string of the molecule is CC(C)(C)OC(=O)c1cccc(C(=O)OCCN)c1. The Kier molecular flexibility index (Phi) is 5.06. The van der Waals surface area contributed by atoms with Crippen molar-refractivity contribution < 1.29 is 19.1 Å². The van der Waals surface area contributed by atoms with Gasteiger partial charge in [0, 0.05) is 6.54 Å². The van der Waals surface area contributed by atoms with Crippen molar-refractivity contribution in [3.05, 3.63) is 35.4 Å². The van der Waals surface area contributed by atoms with Crippen LogP contribution in [0.1, 0.15) is 41.5 Å². The third kappa shape index (κ3) is 5.09. The van der Waals surface area contributed by atoms with E-state index in [2.05, 4.69) is 0 Å². The van der Waals surface area contributed by atoms with Crippen LogP contribution in [-0.2, 0) is 9.47 Å². The fourth-order valence-corrected chi connectivity index (χ4v) is 1.35. The van der Waals surface area contributed by atoms with Crippen LogP contribution in [-0.4, -0.2) is 30.7 Å². The zero-order chi connectivity index (χ0) is 14.5. The van der Waals surface area contributed by atoms with Crippen LogP contribution in [0.4, 0.5) is 0 Å². The van der Waals surface area contributed by atoms with Crippen LogP contribution >= 0.6 is 0 Å².